The molecule has 0 aliphatic carbocycles. The average Bonchev–Trinajstić information content (AvgIpc) is 2.71. The van der Waals surface area contributed by atoms with Crippen LogP contribution in [0, 0.1) is 0 Å². The van der Waals surface area contributed by atoms with Crippen LogP contribution in [-0.4, -0.2) is 27.4 Å². The molecule has 17 heavy (non-hydrogen) atoms. The second-order valence-electron chi connectivity index (χ2n) is 4.19. The number of benzene rings is 1. The minimum absolute atomic E-state index is 0.0755. The molecule has 0 atom stereocenters. The molecule has 1 aromatic heterocycles. The van der Waals surface area contributed by atoms with E-state index in [1.165, 1.54) is 0 Å². The van der Waals surface area contributed by atoms with Gasteiger partial charge in [0, 0.05) is 18.2 Å². The summed E-state index contributed by atoms with van der Waals surface area (Å²) >= 11 is 0. The predicted octanol–water partition coefficient (Wildman–Crippen LogP) is 1.76. The number of nitrogens with one attached hydrogen (secondary N) is 1. The van der Waals surface area contributed by atoms with Crippen molar-refractivity contribution in [2.75, 3.05) is 6.54 Å². The maximum Gasteiger partial charge on any atom is 0.251 e. The van der Waals surface area contributed by atoms with Crippen molar-refractivity contribution in [2.45, 2.75) is 26.8 Å². The summed E-state index contributed by atoms with van der Waals surface area (Å²) in [6.07, 6.45) is 0. The number of amides is 1. The van der Waals surface area contributed by atoms with Crippen LogP contribution in [0.2, 0.25) is 0 Å². The fraction of sp³-hybridized carbons (Fsp3) is 0.417. The number of hydrogen-bond donors (Lipinski definition) is 1. The Morgan fingerprint density at radius 1 is 1.47 bits per heavy atom. The molecule has 0 spiro atoms. The number of hydrogen-bond acceptors (Lipinski definition) is 3. The lowest BCUT2D eigenvalue weighted by Crippen LogP contribution is -2.22. The van der Waals surface area contributed by atoms with Crippen LogP contribution < -0.4 is 5.32 Å². The molecular weight excluding hydrogens is 216 g/mol. The molecule has 5 nitrogen and oxygen atoms in total. The van der Waals surface area contributed by atoms with Gasteiger partial charge in [0.2, 0.25) is 0 Å². The first kappa shape index (κ1) is 11.6. The molecule has 90 valence electrons. The third-order valence-corrected chi connectivity index (χ3v) is 2.56. The van der Waals surface area contributed by atoms with E-state index in [1.807, 2.05) is 31.5 Å². The standard InChI is InChI=1S/C12H16N4O/c1-4-13-12(17)9-5-6-11-10(7-9)14-15-16(11)8(2)3/h5-8H,4H2,1-3H3,(H,13,17). The molecule has 1 amide bonds. The number of rotatable bonds is 3. The normalized spacial score (nSPS) is 11.1. The van der Waals surface area contributed by atoms with Crippen LogP contribution in [0.5, 0.6) is 0 Å². The fourth-order valence-corrected chi connectivity index (χ4v) is 1.73. The van der Waals surface area contributed by atoms with E-state index in [2.05, 4.69) is 15.6 Å². The van der Waals surface area contributed by atoms with Crippen LogP contribution >= 0.6 is 0 Å². The Bertz CT molecular complexity index is 544. The van der Waals surface area contributed by atoms with Crippen molar-refractivity contribution in [1.82, 2.24) is 20.3 Å². The number of carbonyl (C=O) groups excluding carboxylic acids is 1. The first-order chi connectivity index (χ1) is 8.13. The second kappa shape index (κ2) is 4.53. The van der Waals surface area contributed by atoms with Crippen molar-refractivity contribution >= 4 is 16.9 Å². The topological polar surface area (TPSA) is 59.8 Å². The molecule has 0 radical (unpaired) electrons. The Hall–Kier alpha value is -1.91. The van der Waals surface area contributed by atoms with Crippen LogP contribution in [0.4, 0.5) is 0 Å². The predicted molar refractivity (Wildman–Crippen MR) is 65.9 cm³/mol. The maximum absolute atomic E-state index is 11.7. The molecular formula is C12H16N4O. The maximum atomic E-state index is 11.7. The highest BCUT2D eigenvalue weighted by Gasteiger charge is 2.10. The Labute approximate surface area is 99.8 Å². The van der Waals surface area contributed by atoms with Gasteiger partial charge >= 0.3 is 0 Å². The van der Waals surface area contributed by atoms with Crippen LogP contribution in [0.1, 0.15) is 37.2 Å². The summed E-state index contributed by atoms with van der Waals surface area (Å²) in [5.41, 5.74) is 2.32. The van der Waals surface area contributed by atoms with E-state index >= 15 is 0 Å². The molecule has 1 aromatic carbocycles. The van der Waals surface area contributed by atoms with E-state index in [4.69, 9.17) is 0 Å². The first-order valence-corrected chi connectivity index (χ1v) is 5.76. The van der Waals surface area contributed by atoms with Gasteiger partial charge in [-0.2, -0.15) is 0 Å². The minimum atomic E-state index is -0.0755. The van der Waals surface area contributed by atoms with Gasteiger partial charge in [0.15, 0.2) is 0 Å². The highest BCUT2D eigenvalue weighted by Crippen LogP contribution is 2.16. The summed E-state index contributed by atoms with van der Waals surface area (Å²) in [4.78, 5) is 11.7. The quantitative estimate of drug-likeness (QED) is 0.877. The van der Waals surface area contributed by atoms with Crippen molar-refractivity contribution in [3.63, 3.8) is 0 Å². The number of aromatic nitrogens is 3. The van der Waals surface area contributed by atoms with Gasteiger partial charge in [0.05, 0.1) is 5.52 Å². The van der Waals surface area contributed by atoms with Crippen molar-refractivity contribution in [1.29, 1.82) is 0 Å². The lowest BCUT2D eigenvalue weighted by molar-refractivity contribution is 0.0956. The van der Waals surface area contributed by atoms with E-state index in [9.17, 15) is 4.79 Å². The van der Waals surface area contributed by atoms with Crippen molar-refractivity contribution < 1.29 is 4.79 Å². The number of carbonyl (C=O) groups is 1. The fourth-order valence-electron chi connectivity index (χ4n) is 1.73. The van der Waals surface area contributed by atoms with Gasteiger partial charge in [-0.3, -0.25) is 4.79 Å². The summed E-state index contributed by atoms with van der Waals surface area (Å²) in [5, 5.41) is 10.9. The number of nitrogens with zero attached hydrogens (tertiary/aromatic N) is 3. The third kappa shape index (κ3) is 2.13. The monoisotopic (exact) mass is 232 g/mol. The third-order valence-electron chi connectivity index (χ3n) is 2.56. The summed E-state index contributed by atoms with van der Waals surface area (Å²) in [5.74, 6) is -0.0755. The summed E-state index contributed by atoms with van der Waals surface area (Å²) in [6, 6.07) is 5.72. The molecule has 2 rings (SSSR count). The van der Waals surface area contributed by atoms with Gasteiger partial charge in [-0.1, -0.05) is 5.21 Å². The molecule has 2 aromatic rings. The number of fused-ring (bicyclic) bond motifs is 1. The Morgan fingerprint density at radius 3 is 2.88 bits per heavy atom. The van der Waals surface area contributed by atoms with E-state index in [0.29, 0.717) is 12.1 Å². The van der Waals surface area contributed by atoms with E-state index in [1.54, 1.807) is 12.1 Å². The highest BCUT2D eigenvalue weighted by molar-refractivity contribution is 5.97. The molecule has 0 saturated heterocycles. The smallest absolute Gasteiger partial charge is 0.251 e. The van der Waals surface area contributed by atoms with Crippen LogP contribution in [-0.2, 0) is 0 Å². The lowest BCUT2D eigenvalue weighted by Gasteiger charge is -2.05. The van der Waals surface area contributed by atoms with Crippen LogP contribution in [0.3, 0.4) is 0 Å². The molecule has 0 aliphatic rings. The zero-order chi connectivity index (χ0) is 12.4. The van der Waals surface area contributed by atoms with E-state index in [-0.39, 0.29) is 11.9 Å². The van der Waals surface area contributed by atoms with E-state index < -0.39 is 0 Å². The largest absolute Gasteiger partial charge is 0.352 e. The highest BCUT2D eigenvalue weighted by atomic mass is 16.1. The van der Waals surface area contributed by atoms with E-state index in [0.717, 1.165) is 11.0 Å². The zero-order valence-electron chi connectivity index (χ0n) is 10.3. The zero-order valence-corrected chi connectivity index (χ0v) is 10.3. The molecule has 0 unspecified atom stereocenters. The van der Waals surface area contributed by atoms with Gasteiger partial charge < -0.3 is 5.32 Å². The average molecular weight is 232 g/mol. The first-order valence-electron chi connectivity index (χ1n) is 5.76. The molecule has 0 aliphatic heterocycles. The Kier molecular flexibility index (Phi) is 3.08. The summed E-state index contributed by atoms with van der Waals surface area (Å²) < 4.78 is 1.84. The van der Waals surface area contributed by atoms with Crippen molar-refractivity contribution in [2.24, 2.45) is 0 Å². The molecule has 5 heteroatoms. The lowest BCUT2D eigenvalue weighted by atomic mass is 10.2. The van der Waals surface area contributed by atoms with Crippen molar-refractivity contribution in [3.8, 4) is 0 Å². The SMILES string of the molecule is CCNC(=O)c1ccc2c(c1)nnn2C(C)C. The molecule has 1 N–H and O–H groups in total. The molecule has 1 heterocycles. The van der Waals surface area contributed by atoms with Gasteiger partial charge in [-0.05, 0) is 39.0 Å². The Balaban J connectivity index is 2.42. The molecule has 0 bridgehead atoms. The van der Waals surface area contributed by atoms with Crippen LogP contribution in [0.25, 0.3) is 11.0 Å². The van der Waals surface area contributed by atoms with Gasteiger partial charge in [-0.15, -0.1) is 5.10 Å². The summed E-state index contributed by atoms with van der Waals surface area (Å²) in [6.45, 7) is 6.61. The molecule has 0 saturated carbocycles. The van der Waals surface area contributed by atoms with Gasteiger partial charge in [0.1, 0.15) is 5.52 Å². The Morgan fingerprint density at radius 2 is 2.24 bits per heavy atom. The molecule has 0 fully saturated rings. The van der Waals surface area contributed by atoms with Crippen molar-refractivity contribution in [3.05, 3.63) is 23.8 Å². The minimum Gasteiger partial charge on any atom is -0.352 e. The second-order valence-corrected chi connectivity index (χ2v) is 4.19. The summed E-state index contributed by atoms with van der Waals surface area (Å²) in [7, 11) is 0. The van der Waals surface area contributed by atoms with Crippen LogP contribution in [0.15, 0.2) is 18.2 Å². The van der Waals surface area contributed by atoms with Gasteiger partial charge in [-0.25, -0.2) is 4.68 Å². The van der Waals surface area contributed by atoms with Gasteiger partial charge in [0.25, 0.3) is 5.91 Å².